The molecule has 0 bridgehead atoms. The third-order valence-electron chi connectivity index (χ3n) is 2.75. The largest absolute Gasteiger partial charge is 0.534 e. The van der Waals surface area contributed by atoms with E-state index in [0.717, 1.165) is 12.3 Å². The molecule has 0 radical (unpaired) electrons. The van der Waals surface area contributed by atoms with Crippen LogP contribution in [0.3, 0.4) is 0 Å². The maximum Gasteiger partial charge on any atom is 0.534 e. The fourth-order valence-corrected chi connectivity index (χ4v) is 2.25. The maximum absolute atomic E-state index is 12.2. The van der Waals surface area contributed by atoms with E-state index in [1.54, 1.807) is 13.8 Å². The number of hydrogen-bond donors (Lipinski definition) is 0. The van der Waals surface area contributed by atoms with Crippen LogP contribution < -0.4 is 9.61 Å². The molecule has 0 N–H and O–H groups in total. The van der Waals surface area contributed by atoms with Gasteiger partial charge in [0.2, 0.25) is 5.88 Å². The molecule has 10 heteroatoms. The first-order valence-electron chi connectivity index (χ1n) is 6.10. The van der Waals surface area contributed by atoms with Gasteiger partial charge in [-0.05, 0) is 19.9 Å². The number of rotatable bonds is 3. The summed E-state index contributed by atoms with van der Waals surface area (Å²) in [5.41, 5.74) is -5.48. The smallest absolute Gasteiger partial charge is 0.466 e. The van der Waals surface area contributed by atoms with Crippen LogP contribution in [0.5, 0.6) is 5.88 Å². The first kappa shape index (κ1) is 17.0. The summed E-state index contributed by atoms with van der Waals surface area (Å²) in [5, 5.41) is 0. The van der Waals surface area contributed by atoms with E-state index in [4.69, 9.17) is 4.42 Å². The predicted octanol–water partition coefficient (Wildman–Crippen LogP) is 2.55. The highest BCUT2D eigenvalue weighted by Crippen LogP contribution is 2.27. The molecule has 6 nitrogen and oxygen atoms in total. The van der Waals surface area contributed by atoms with E-state index in [-0.39, 0.29) is 16.6 Å². The number of pyridine rings is 1. The van der Waals surface area contributed by atoms with Gasteiger partial charge in [-0.3, -0.25) is 4.79 Å². The third-order valence-corrected chi connectivity index (χ3v) is 3.71. The summed E-state index contributed by atoms with van der Waals surface area (Å²) < 4.78 is 67.5. The van der Waals surface area contributed by atoms with Gasteiger partial charge in [-0.15, -0.1) is 0 Å². The normalized spacial score (nSPS) is 12.2. The van der Waals surface area contributed by atoms with E-state index in [0.29, 0.717) is 11.5 Å². The molecular weight excluding hydrogens is 339 g/mol. The summed E-state index contributed by atoms with van der Waals surface area (Å²) in [7, 11) is -5.79. The molecule has 0 aromatic carbocycles. The van der Waals surface area contributed by atoms with Crippen LogP contribution in [0.15, 0.2) is 33.6 Å². The van der Waals surface area contributed by atoms with Crippen LogP contribution in [0.4, 0.5) is 13.2 Å². The number of hydrogen-bond acceptors (Lipinski definition) is 6. The molecular formula is C13H10F3NO5S. The van der Waals surface area contributed by atoms with Crippen molar-refractivity contribution in [2.75, 3.05) is 0 Å². The van der Waals surface area contributed by atoms with Gasteiger partial charge in [0.05, 0.1) is 5.56 Å². The monoisotopic (exact) mass is 349 g/mol. The predicted molar refractivity (Wildman–Crippen MR) is 73.3 cm³/mol. The lowest BCUT2D eigenvalue weighted by atomic mass is 10.1. The molecule has 124 valence electrons. The van der Waals surface area contributed by atoms with Crippen molar-refractivity contribution in [3.63, 3.8) is 0 Å². The molecule has 0 unspecified atom stereocenters. The molecule has 2 aromatic heterocycles. The fraction of sp³-hybridized carbons (Fsp3) is 0.231. The van der Waals surface area contributed by atoms with Crippen molar-refractivity contribution in [2.45, 2.75) is 19.4 Å². The molecule has 0 aliphatic rings. The Morgan fingerprint density at radius 3 is 2.35 bits per heavy atom. The van der Waals surface area contributed by atoms with Gasteiger partial charge in [-0.1, -0.05) is 0 Å². The van der Waals surface area contributed by atoms with Gasteiger partial charge in [-0.25, -0.2) is 4.98 Å². The molecule has 0 fully saturated rings. The Labute approximate surface area is 128 Å². The number of aromatic nitrogens is 1. The Balaban J connectivity index is 2.37. The highest BCUT2D eigenvalue weighted by atomic mass is 32.2. The lowest BCUT2D eigenvalue weighted by Crippen LogP contribution is -2.28. The van der Waals surface area contributed by atoms with Gasteiger partial charge in [0.15, 0.2) is 5.43 Å². The Bertz CT molecular complexity index is 885. The average molecular weight is 349 g/mol. The maximum atomic E-state index is 12.2. The minimum Gasteiger partial charge on any atom is -0.466 e. The molecule has 23 heavy (non-hydrogen) atoms. The van der Waals surface area contributed by atoms with Crippen LogP contribution in [-0.4, -0.2) is 18.9 Å². The standard InChI is InChI=1S/C13H10F3NO5S/c1-7-5-10(18)12(8(2)21-7)9-3-4-11(17-6-9)22-23(19,20)13(14,15)16/h3-6H,1-2H3. The van der Waals surface area contributed by atoms with Gasteiger partial charge in [-0.2, -0.15) is 21.6 Å². The molecule has 0 saturated heterocycles. The second-order valence-electron chi connectivity index (χ2n) is 4.52. The molecule has 0 atom stereocenters. The fourth-order valence-electron chi connectivity index (χ4n) is 1.83. The zero-order valence-electron chi connectivity index (χ0n) is 11.8. The summed E-state index contributed by atoms with van der Waals surface area (Å²) >= 11 is 0. The second kappa shape index (κ2) is 5.69. The Kier molecular flexibility index (Phi) is 4.20. The van der Waals surface area contributed by atoms with Gasteiger partial charge in [0.1, 0.15) is 11.5 Å². The zero-order valence-corrected chi connectivity index (χ0v) is 12.7. The molecule has 0 spiro atoms. The lowest BCUT2D eigenvalue weighted by molar-refractivity contribution is -0.0501. The van der Waals surface area contributed by atoms with Crippen molar-refractivity contribution in [1.82, 2.24) is 4.98 Å². The summed E-state index contributed by atoms with van der Waals surface area (Å²) in [6.45, 7) is 3.14. The summed E-state index contributed by atoms with van der Waals surface area (Å²) in [5.74, 6) is -0.0611. The molecule has 2 heterocycles. The van der Waals surface area contributed by atoms with Gasteiger partial charge >= 0.3 is 15.6 Å². The van der Waals surface area contributed by atoms with E-state index >= 15 is 0 Å². The highest BCUT2D eigenvalue weighted by molar-refractivity contribution is 7.87. The van der Waals surface area contributed by atoms with Crippen LogP contribution >= 0.6 is 0 Å². The van der Waals surface area contributed by atoms with Gasteiger partial charge in [0, 0.05) is 23.9 Å². The summed E-state index contributed by atoms with van der Waals surface area (Å²) in [4.78, 5) is 15.4. The molecule has 2 aromatic rings. The summed E-state index contributed by atoms with van der Waals surface area (Å²) in [6.07, 6.45) is 1.02. The molecule has 0 aliphatic heterocycles. The Morgan fingerprint density at radius 1 is 1.22 bits per heavy atom. The van der Waals surface area contributed by atoms with Crippen LogP contribution in [0, 0.1) is 13.8 Å². The Hall–Kier alpha value is -2.36. The number of halogens is 3. The van der Waals surface area contributed by atoms with Crippen molar-refractivity contribution in [3.05, 3.63) is 46.1 Å². The molecule has 0 saturated carbocycles. The van der Waals surface area contributed by atoms with E-state index in [1.165, 1.54) is 12.1 Å². The quantitative estimate of drug-likeness (QED) is 0.625. The van der Waals surface area contributed by atoms with E-state index in [9.17, 15) is 26.4 Å². The van der Waals surface area contributed by atoms with Crippen LogP contribution in [0.25, 0.3) is 11.1 Å². The molecule has 0 amide bonds. The highest BCUT2D eigenvalue weighted by Gasteiger charge is 2.48. The van der Waals surface area contributed by atoms with Gasteiger partial charge in [0.25, 0.3) is 0 Å². The molecule has 0 aliphatic carbocycles. The zero-order chi connectivity index (χ0) is 17.4. The van der Waals surface area contributed by atoms with Crippen LogP contribution in [0.2, 0.25) is 0 Å². The van der Waals surface area contributed by atoms with Crippen LogP contribution in [0.1, 0.15) is 11.5 Å². The summed E-state index contributed by atoms with van der Waals surface area (Å²) in [6, 6.07) is 3.38. The van der Waals surface area contributed by atoms with Gasteiger partial charge < -0.3 is 8.60 Å². The number of aryl methyl sites for hydroxylation is 2. The van der Waals surface area contributed by atoms with Crippen molar-refractivity contribution in [3.8, 4) is 17.0 Å². The second-order valence-corrected chi connectivity index (χ2v) is 6.06. The minimum atomic E-state index is -5.79. The first-order chi connectivity index (χ1) is 10.5. The van der Waals surface area contributed by atoms with E-state index in [2.05, 4.69) is 9.17 Å². The minimum absolute atomic E-state index is 0.174. The number of nitrogens with zero attached hydrogens (tertiary/aromatic N) is 1. The SMILES string of the molecule is Cc1cc(=O)c(-c2ccc(OS(=O)(=O)C(F)(F)F)nc2)c(C)o1. The van der Waals surface area contributed by atoms with Crippen molar-refractivity contribution >= 4 is 10.1 Å². The van der Waals surface area contributed by atoms with Crippen molar-refractivity contribution in [2.24, 2.45) is 0 Å². The third kappa shape index (κ3) is 3.52. The van der Waals surface area contributed by atoms with Crippen LogP contribution in [-0.2, 0) is 10.1 Å². The Morgan fingerprint density at radius 2 is 1.87 bits per heavy atom. The van der Waals surface area contributed by atoms with E-state index < -0.39 is 21.5 Å². The van der Waals surface area contributed by atoms with Crippen molar-refractivity contribution < 1.29 is 30.2 Å². The van der Waals surface area contributed by atoms with E-state index in [1.807, 2.05) is 0 Å². The van der Waals surface area contributed by atoms with Crippen molar-refractivity contribution in [1.29, 1.82) is 0 Å². The average Bonchev–Trinajstić information content (AvgIpc) is 2.37. The lowest BCUT2D eigenvalue weighted by Gasteiger charge is -2.09. The first-order valence-corrected chi connectivity index (χ1v) is 7.50. The topological polar surface area (TPSA) is 86.5 Å². The molecule has 2 rings (SSSR count). The number of alkyl halides is 3.